The monoisotopic (exact) mass is 438 g/mol. The van der Waals surface area contributed by atoms with Gasteiger partial charge >= 0.3 is 12.5 Å². The van der Waals surface area contributed by atoms with Crippen molar-refractivity contribution in [1.82, 2.24) is 10.2 Å². The minimum atomic E-state index is -4.83. The van der Waals surface area contributed by atoms with Gasteiger partial charge in [0.15, 0.2) is 0 Å². The van der Waals surface area contributed by atoms with Gasteiger partial charge in [-0.3, -0.25) is 4.90 Å². The van der Waals surface area contributed by atoms with E-state index in [1.54, 1.807) is 0 Å². The Morgan fingerprint density at radius 1 is 0.897 bits per heavy atom. The lowest BCUT2D eigenvalue weighted by molar-refractivity contribution is -0.274. The first-order valence-electron chi connectivity index (χ1n) is 8.71. The molecule has 0 radical (unpaired) electrons. The average Bonchev–Trinajstić information content (AvgIpc) is 2.62. The van der Waals surface area contributed by atoms with Crippen LogP contribution in [-0.2, 0) is 6.18 Å². The Kier molecular flexibility index (Phi) is 6.30. The SMILES string of the molecule is FC(F)(F)Oc1ccc([C@H](c2cc(Cl)cc(C(F)(F)F)c2)N2CCNCC2)cc1. The lowest BCUT2D eigenvalue weighted by Gasteiger charge is -2.36. The Morgan fingerprint density at radius 2 is 1.52 bits per heavy atom. The molecule has 1 fully saturated rings. The summed E-state index contributed by atoms with van der Waals surface area (Å²) in [5.74, 6) is -0.401. The van der Waals surface area contributed by atoms with Crippen LogP contribution in [0.4, 0.5) is 26.3 Å². The summed E-state index contributed by atoms with van der Waals surface area (Å²) in [4.78, 5) is 1.96. The number of piperazine rings is 1. The summed E-state index contributed by atoms with van der Waals surface area (Å²) >= 11 is 5.95. The van der Waals surface area contributed by atoms with Crippen LogP contribution >= 0.6 is 11.6 Å². The molecular formula is C19H17ClF6N2O. The number of hydrogen-bond acceptors (Lipinski definition) is 3. The molecule has 1 atom stereocenters. The van der Waals surface area contributed by atoms with Crippen molar-refractivity contribution in [2.24, 2.45) is 0 Å². The largest absolute Gasteiger partial charge is 0.573 e. The van der Waals surface area contributed by atoms with Crippen LogP contribution in [0.1, 0.15) is 22.7 Å². The van der Waals surface area contributed by atoms with Gasteiger partial charge in [0, 0.05) is 31.2 Å². The molecule has 0 aromatic heterocycles. The van der Waals surface area contributed by atoms with Crippen molar-refractivity contribution in [3.63, 3.8) is 0 Å². The van der Waals surface area contributed by atoms with Gasteiger partial charge in [-0.2, -0.15) is 13.2 Å². The van der Waals surface area contributed by atoms with Crippen molar-refractivity contribution < 1.29 is 31.1 Å². The molecule has 0 saturated carbocycles. The summed E-state index contributed by atoms with van der Waals surface area (Å²) in [5.41, 5.74) is -0.0230. The maximum Gasteiger partial charge on any atom is 0.573 e. The third-order valence-electron chi connectivity index (χ3n) is 4.51. The lowest BCUT2D eigenvalue weighted by atomic mass is 9.94. The van der Waals surface area contributed by atoms with E-state index in [4.69, 9.17) is 11.6 Å². The fraction of sp³-hybridized carbons (Fsp3) is 0.368. The fourth-order valence-corrected chi connectivity index (χ4v) is 3.58. The molecule has 10 heteroatoms. The molecule has 2 aromatic rings. The molecule has 1 aliphatic heterocycles. The highest BCUT2D eigenvalue weighted by Gasteiger charge is 2.34. The van der Waals surface area contributed by atoms with E-state index in [1.807, 2.05) is 4.90 Å². The summed E-state index contributed by atoms with van der Waals surface area (Å²) in [6, 6.07) is 7.85. The van der Waals surface area contributed by atoms with Gasteiger partial charge < -0.3 is 10.1 Å². The van der Waals surface area contributed by atoms with Gasteiger partial charge in [-0.05, 0) is 41.5 Å². The second kappa shape index (κ2) is 8.41. The van der Waals surface area contributed by atoms with Gasteiger partial charge in [-0.25, -0.2) is 0 Å². The van der Waals surface area contributed by atoms with E-state index >= 15 is 0 Å². The Balaban J connectivity index is 2.01. The van der Waals surface area contributed by atoms with Crippen molar-refractivity contribution in [1.29, 1.82) is 0 Å². The topological polar surface area (TPSA) is 24.5 Å². The number of nitrogens with zero attached hydrogens (tertiary/aromatic N) is 1. The Bertz CT molecular complexity index is 832. The Hall–Kier alpha value is -1.97. The number of alkyl halides is 6. The molecule has 1 heterocycles. The molecule has 3 nitrogen and oxygen atoms in total. The predicted octanol–water partition coefficient (Wildman–Crippen LogP) is 5.25. The van der Waals surface area contributed by atoms with Gasteiger partial charge in [-0.1, -0.05) is 23.7 Å². The number of rotatable bonds is 4. The zero-order valence-corrected chi connectivity index (χ0v) is 15.7. The first kappa shape index (κ1) is 21.7. The molecule has 0 spiro atoms. The Labute approximate surface area is 168 Å². The molecule has 0 aliphatic carbocycles. The van der Waals surface area contributed by atoms with E-state index in [9.17, 15) is 26.3 Å². The molecular weight excluding hydrogens is 422 g/mol. The minimum Gasteiger partial charge on any atom is -0.406 e. The maximum absolute atomic E-state index is 13.3. The zero-order chi connectivity index (χ0) is 21.2. The first-order valence-corrected chi connectivity index (χ1v) is 9.09. The van der Waals surface area contributed by atoms with Gasteiger partial charge in [-0.15, -0.1) is 13.2 Å². The van der Waals surface area contributed by atoms with E-state index in [1.165, 1.54) is 18.2 Å². The lowest BCUT2D eigenvalue weighted by Crippen LogP contribution is -2.45. The highest BCUT2D eigenvalue weighted by atomic mass is 35.5. The number of ether oxygens (including phenoxy) is 1. The third-order valence-corrected chi connectivity index (χ3v) is 4.73. The number of benzene rings is 2. The van der Waals surface area contributed by atoms with Crippen LogP contribution in [0.3, 0.4) is 0 Å². The highest BCUT2D eigenvalue weighted by molar-refractivity contribution is 6.30. The number of nitrogens with one attached hydrogen (secondary N) is 1. The molecule has 2 aromatic carbocycles. The molecule has 0 bridgehead atoms. The second-order valence-corrected chi connectivity index (χ2v) is 7.01. The van der Waals surface area contributed by atoms with E-state index in [-0.39, 0.29) is 5.02 Å². The van der Waals surface area contributed by atoms with Crippen LogP contribution in [0, 0.1) is 0 Å². The van der Waals surface area contributed by atoms with E-state index in [0.29, 0.717) is 37.3 Å². The fourth-order valence-electron chi connectivity index (χ4n) is 3.34. The van der Waals surface area contributed by atoms with Crippen LogP contribution in [0.15, 0.2) is 42.5 Å². The third kappa shape index (κ3) is 5.77. The summed E-state index contributed by atoms with van der Waals surface area (Å²) in [7, 11) is 0. The van der Waals surface area contributed by atoms with E-state index in [0.717, 1.165) is 24.3 Å². The summed E-state index contributed by atoms with van der Waals surface area (Å²) in [6.45, 7) is 2.38. The number of halogens is 7. The molecule has 0 amide bonds. The van der Waals surface area contributed by atoms with Crippen molar-refractivity contribution in [2.75, 3.05) is 26.2 Å². The quantitative estimate of drug-likeness (QED) is 0.660. The van der Waals surface area contributed by atoms with Gasteiger partial charge in [0.05, 0.1) is 11.6 Å². The molecule has 0 unspecified atom stereocenters. The van der Waals surface area contributed by atoms with Crippen LogP contribution in [0.2, 0.25) is 5.02 Å². The van der Waals surface area contributed by atoms with Crippen molar-refractivity contribution >= 4 is 11.6 Å². The summed E-state index contributed by atoms with van der Waals surface area (Å²) in [6.07, 6.45) is -9.40. The molecule has 29 heavy (non-hydrogen) atoms. The second-order valence-electron chi connectivity index (χ2n) is 6.58. The molecule has 158 valence electrons. The van der Waals surface area contributed by atoms with Crippen LogP contribution in [0.25, 0.3) is 0 Å². The molecule has 3 rings (SSSR count). The van der Waals surface area contributed by atoms with Crippen molar-refractivity contribution in [3.05, 3.63) is 64.2 Å². The average molecular weight is 439 g/mol. The van der Waals surface area contributed by atoms with Crippen molar-refractivity contribution in [3.8, 4) is 5.75 Å². The van der Waals surface area contributed by atoms with Crippen LogP contribution in [-0.4, -0.2) is 37.4 Å². The first-order chi connectivity index (χ1) is 13.5. The smallest absolute Gasteiger partial charge is 0.406 e. The number of hydrogen-bond donors (Lipinski definition) is 1. The predicted molar refractivity (Wildman–Crippen MR) is 95.9 cm³/mol. The van der Waals surface area contributed by atoms with Crippen LogP contribution < -0.4 is 10.1 Å². The Morgan fingerprint density at radius 3 is 2.07 bits per heavy atom. The summed E-state index contributed by atoms with van der Waals surface area (Å²) < 4.78 is 80.9. The normalized spacial score (nSPS) is 17.2. The van der Waals surface area contributed by atoms with Crippen molar-refractivity contribution in [2.45, 2.75) is 18.6 Å². The highest BCUT2D eigenvalue weighted by Crippen LogP contribution is 2.37. The molecule has 1 saturated heterocycles. The molecule has 1 aliphatic rings. The maximum atomic E-state index is 13.3. The van der Waals surface area contributed by atoms with E-state index in [2.05, 4.69) is 10.1 Å². The standard InChI is InChI=1S/C19H17ClF6N2O/c20-15-10-13(9-14(11-15)18(21,22)23)17(28-7-5-27-6-8-28)12-1-3-16(4-2-12)29-19(24,25)26/h1-4,9-11,17,27H,5-8H2/t17-/m1/s1. The van der Waals surface area contributed by atoms with Gasteiger partial charge in [0.1, 0.15) is 5.75 Å². The zero-order valence-electron chi connectivity index (χ0n) is 14.9. The van der Waals surface area contributed by atoms with Crippen LogP contribution in [0.5, 0.6) is 5.75 Å². The van der Waals surface area contributed by atoms with E-state index < -0.39 is 29.9 Å². The van der Waals surface area contributed by atoms with Gasteiger partial charge in [0.2, 0.25) is 0 Å². The minimum absolute atomic E-state index is 0.0630. The van der Waals surface area contributed by atoms with Gasteiger partial charge in [0.25, 0.3) is 0 Å². The summed E-state index contributed by atoms with van der Waals surface area (Å²) in [5, 5.41) is 3.10. The molecule has 1 N–H and O–H groups in total.